The Morgan fingerprint density at radius 3 is 0.250 bits per heavy atom. The number of carboxylic acid groups (broad SMARTS) is 8. The van der Waals surface area contributed by atoms with E-state index in [-0.39, 0.29) is 551 Å². The quantitative estimate of drug-likeness (QED) is 0.203. The van der Waals surface area contributed by atoms with Gasteiger partial charge < -0.3 is 79.2 Å². The maximum Gasteiger partial charge on any atom is 1.00 e. The Labute approximate surface area is 650 Å². The Morgan fingerprint density at radius 1 is 0.219 bits per heavy atom. The molecule has 0 N–H and O–H groups in total. The number of carboxylic acids is 8. The zero-order valence-corrected chi connectivity index (χ0v) is 68.8. The molecule has 0 heterocycles. The first-order chi connectivity index (χ1) is 10.6. The zero-order chi connectivity index (χ0) is 20.6. The first-order valence-electron chi connectivity index (χ1n) is 4.27. The molecule has 0 saturated carbocycles. The minimum Gasteiger partial charge on any atom is -0.543 e. The molecule has 136 valence electrons. The third kappa shape index (κ3) is 90.1. The predicted molar refractivity (Wildman–Crippen MR) is 40.1 cm³/mol. The van der Waals surface area contributed by atoms with Crippen LogP contribution in [0.5, 0.6) is 0 Å². The second-order valence-corrected chi connectivity index (χ2v) is 2.30. The first kappa shape index (κ1) is 79.5. The van der Waals surface area contributed by atoms with Gasteiger partial charge >= 0.3 is 551 Å². The standard InChI is InChI=1S/4C2H2O4.8Cs/c4*3-1(4)2(5)6;;;;;;;;/h4*(H,3,4)(H,5,6);;;;;;;;/q;;;;8*+1/p-8. The van der Waals surface area contributed by atoms with Gasteiger partial charge in [0.2, 0.25) is 0 Å². The Bertz CT molecular complexity index is 408. The van der Waals surface area contributed by atoms with Crippen molar-refractivity contribution in [2.75, 3.05) is 0 Å². The summed E-state index contributed by atoms with van der Waals surface area (Å²) in [5.74, 6) is -17.5. The smallest absolute Gasteiger partial charge is 0.543 e. The maximum atomic E-state index is 8.93. The summed E-state index contributed by atoms with van der Waals surface area (Å²) in [7, 11) is 0. The van der Waals surface area contributed by atoms with Gasteiger partial charge in [0.1, 0.15) is 0 Å². The van der Waals surface area contributed by atoms with Gasteiger partial charge in [-0.25, -0.2) is 0 Å². The molecule has 0 rings (SSSR count). The van der Waals surface area contributed by atoms with E-state index in [4.69, 9.17) is 79.2 Å². The van der Waals surface area contributed by atoms with E-state index in [0.29, 0.717) is 0 Å². The fourth-order valence-corrected chi connectivity index (χ4v) is 0. The van der Waals surface area contributed by atoms with E-state index in [9.17, 15) is 0 Å². The van der Waals surface area contributed by atoms with Gasteiger partial charge in [0, 0.05) is 0 Å². The predicted octanol–water partition coefficient (Wildman–Crippen LogP) is -38.0. The van der Waals surface area contributed by atoms with Gasteiger partial charge in [0.25, 0.3) is 0 Å². The number of carbonyl (C=O) groups is 8. The van der Waals surface area contributed by atoms with E-state index in [0.717, 1.165) is 0 Å². The van der Waals surface area contributed by atoms with E-state index in [1.54, 1.807) is 0 Å². The Hall–Kier alpha value is 12.2. The second-order valence-electron chi connectivity index (χ2n) is 2.30. The molecule has 0 aliphatic heterocycles. The van der Waals surface area contributed by atoms with Crippen LogP contribution in [0.15, 0.2) is 0 Å². The third-order valence-electron chi connectivity index (χ3n) is 0.667. The molecule has 0 aliphatic rings. The van der Waals surface area contributed by atoms with Gasteiger partial charge in [0.15, 0.2) is 0 Å². The molecule has 0 atom stereocenters. The summed E-state index contributed by atoms with van der Waals surface area (Å²) < 4.78 is 0. The normalized spacial score (nSPS) is 5.50. The largest absolute Gasteiger partial charge is 1.00 e. The van der Waals surface area contributed by atoms with Crippen molar-refractivity contribution in [3.05, 3.63) is 0 Å². The molecule has 0 radical (unpaired) electrons. The summed E-state index contributed by atoms with van der Waals surface area (Å²) in [6, 6.07) is 0. The van der Waals surface area contributed by atoms with Crippen molar-refractivity contribution in [3.63, 3.8) is 0 Å². The van der Waals surface area contributed by atoms with E-state index >= 15 is 0 Å². The van der Waals surface area contributed by atoms with E-state index in [1.165, 1.54) is 0 Å². The number of rotatable bonds is 0. The number of aliphatic carboxylic acids is 8. The molecule has 0 fully saturated rings. The first-order valence-corrected chi connectivity index (χ1v) is 4.27. The van der Waals surface area contributed by atoms with Crippen molar-refractivity contribution in [2.24, 2.45) is 0 Å². The molecule has 0 aromatic rings. The second kappa shape index (κ2) is 58.7. The molecule has 0 aromatic heterocycles. The van der Waals surface area contributed by atoms with Crippen molar-refractivity contribution in [3.8, 4) is 0 Å². The third-order valence-corrected chi connectivity index (χ3v) is 0.667. The summed E-state index contributed by atoms with van der Waals surface area (Å²) in [5, 5.41) is 71.4. The van der Waals surface area contributed by atoms with Crippen molar-refractivity contribution in [1.82, 2.24) is 0 Å². The Morgan fingerprint density at radius 2 is 0.250 bits per heavy atom. The van der Waals surface area contributed by atoms with Crippen LogP contribution in [-0.4, -0.2) is 47.8 Å². The molecule has 16 nitrogen and oxygen atoms in total. The summed E-state index contributed by atoms with van der Waals surface area (Å²) >= 11 is 0. The van der Waals surface area contributed by atoms with Crippen LogP contribution in [-0.2, 0) is 38.4 Å². The molecular formula is C8Cs8O16. The summed E-state index contributed by atoms with van der Waals surface area (Å²) in [5.41, 5.74) is 0. The fourth-order valence-electron chi connectivity index (χ4n) is 0. The number of hydrogen-bond donors (Lipinski definition) is 0. The number of hydrogen-bond acceptors (Lipinski definition) is 16. The van der Waals surface area contributed by atoms with E-state index in [1.807, 2.05) is 0 Å². The van der Waals surface area contributed by atoms with Crippen LogP contribution >= 0.6 is 0 Å². The molecular weight excluding hydrogens is 1420 g/mol. The average Bonchev–Trinajstić information content (AvgIpc) is 2.40. The minimum absolute atomic E-state index is 0. The molecule has 0 unspecified atom stereocenters. The molecule has 32 heavy (non-hydrogen) atoms. The van der Waals surface area contributed by atoms with Gasteiger partial charge in [-0.1, -0.05) is 0 Å². The van der Waals surface area contributed by atoms with Crippen molar-refractivity contribution >= 4 is 47.8 Å². The van der Waals surface area contributed by atoms with Crippen molar-refractivity contribution in [1.29, 1.82) is 0 Å². The van der Waals surface area contributed by atoms with Gasteiger partial charge in [-0.15, -0.1) is 0 Å². The molecule has 0 bridgehead atoms. The Kier molecular flexibility index (Phi) is 146. The molecule has 0 aromatic carbocycles. The molecule has 0 saturated heterocycles. The topological polar surface area (TPSA) is 321 Å². The van der Waals surface area contributed by atoms with Crippen LogP contribution in [0.1, 0.15) is 0 Å². The van der Waals surface area contributed by atoms with Crippen LogP contribution in [0, 0.1) is 0 Å². The summed E-state index contributed by atoms with van der Waals surface area (Å²) in [4.78, 5) is 71.4. The summed E-state index contributed by atoms with van der Waals surface area (Å²) in [6.45, 7) is 0. The summed E-state index contributed by atoms with van der Waals surface area (Å²) in [6.07, 6.45) is 0. The monoisotopic (exact) mass is 1420 g/mol. The van der Waals surface area contributed by atoms with Crippen molar-refractivity contribution in [2.45, 2.75) is 0 Å². The van der Waals surface area contributed by atoms with Gasteiger partial charge in [0.05, 0.1) is 47.8 Å². The average molecular weight is 1420 g/mol. The van der Waals surface area contributed by atoms with E-state index < -0.39 is 47.8 Å². The fraction of sp³-hybridized carbons (Fsp3) is 0. The van der Waals surface area contributed by atoms with Gasteiger partial charge in [-0.05, 0) is 0 Å². The molecule has 24 heteroatoms. The minimum atomic E-state index is -2.19. The SMILES string of the molecule is O=C([O-])C(=O)[O-].O=C([O-])C(=O)[O-].O=C([O-])C(=O)[O-].O=C([O-])C(=O)[O-].[Cs+].[Cs+].[Cs+].[Cs+].[Cs+].[Cs+].[Cs+].[Cs+]. The van der Waals surface area contributed by atoms with E-state index in [2.05, 4.69) is 0 Å². The number of carbonyl (C=O) groups excluding carboxylic acids is 8. The van der Waals surface area contributed by atoms with Crippen LogP contribution in [0.3, 0.4) is 0 Å². The van der Waals surface area contributed by atoms with Crippen LogP contribution < -0.4 is 592 Å². The molecule has 0 spiro atoms. The zero-order valence-electron chi connectivity index (χ0n) is 18.5. The van der Waals surface area contributed by atoms with Gasteiger partial charge in [-0.3, -0.25) is 0 Å². The van der Waals surface area contributed by atoms with Crippen LogP contribution in [0.25, 0.3) is 0 Å². The van der Waals surface area contributed by atoms with Crippen molar-refractivity contribution < 1.29 is 630 Å². The van der Waals surface area contributed by atoms with Crippen LogP contribution in [0.2, 0.25) is 0 Å². The van der Waals surface area contributed by atoms with Crippen LogP contribution in [0.4, 0.5) is 0 Å². The van der Waals surface area contributed by atoms with Gasteiger partial charge in [-0.2, -0.15) is 0 Å². The molecule has 0 amide bonds. The maximum absolute atomic E-state index is 8.93. The Balaban J connectivity index is -0.0000000154. The molecule has 0 aliphatic carbocycles.